The Balaban J connectivity index is 0.00000176. The van der Waals surface area contributed by atoms with Crippen molar-refractivity contribution >= 4 is 18.3 Å². The third-order valence-electron chi connectivity index (χ3n) is 3.69. The molecule has 0 saturated carbocycles. The van der Waals surface area contributed by atoms with E-state index in [0.717, 1.165) is 29.8 Å². The minimum absolute atomic E-state index is 0. The zero-order valence-corrected chi connectivity index (χ0v) is 13.0. The summed E-state index contributed by atoms with van der Waals surface area (Å²) in [4.78, 5) is 14.1. The number of halogens is 2. The van der Waals surface area contributed by atoms with Gasteiger partial charge in [0, 0.05) is 44.4 Å². The number of hydrogen-bond acceptors (Lipinski definition) is 3. The van der Waals surface area contributed by atoms with E-state index >= 15 is 0 Å². The Kier molecular flexibility index (Phi) is 5.15. The monoisotopic (exact) mass is 324 g/mol. The van der Waals surface area contributed by atoms with E-state index in [4.69, 9.17) is 0 Å². The van der Waals surface area contributed by atoms with Crippen molar-refractivity contribution in [3.05, 3.63) is 52.6 Å². The summed E-state index contributed by atoms with van der Waals surface area (Å²) in [7, 11) is 1.73. The summed E-state index contributed by atoms with van der Waals surface area (Å²) < 4.78 is 12.9. The van der Waals surface area contributed by atoms with Crippen LogP contribution in [0.3, 0.4) is 0 Å². The van der Waals surface area contributed by atoms with E-state index in [-0.39, 0.29) is 24.1 Å². The maximum atomic E-state index is 12.9. The van der Waals surface area contributed by atoms with Crippen LogP contribution in [-0.2, 0) is 19.5 Å². The number of nitrogens with zero attached hydrogens (tertiary/aromatic N) is 2. The van der Waals surface area contributed by atoms with Gasteiger partial charge < -0.3 is 10.2 Å². The number of benzene rings is 1. The molecule has 1 aliphatic heterocycles. The fourth-order valence-electron chi connectivity index (χ4n) is 2.52. The molecule has 3 rings (SSSR count). The molecule has 118 valence electrons. The summed E-state index contributed by atoms with van der Waals surface area (Å²) in [5.41, 5.74) is 3.35. The summed E-state index contributed by atoms with van der Waals surface area (Å²) in [6.07, 6.45) is 0.858. The van der Waals surface area contributed by atoms with Crippen LogP contribution in [0, 0.1) is 5.82 Å². The van der Waals surface area contributed by atoms with Gasteiger partial charge in [0.05, 0.1) is 0 Å². The van der Waals surface area contributed by atoms with Gasteiger partial charge in [-0.15, -0.1) is 12.4 Å². The quantitative estimate of drug-likeness (QED) is 0.906. The Bertz CT molecular complexity index is 656. The molecule has 1 aromatic heterocycles. The molecule has 5 nitrogen and oxygen atoms in total. The number of rotatable bonds is 3. The second kappa shape index (κ2) is 6.89. The molecule has 22 heavy (non-hydrogen) atoms. The molecule has 1 amide bonds. The third kappa shape index (κ3) is 3.28. The van der Waals surface area contributed by atoms with E-state index in [9.17, 15) is 9.18 Å². The average Bonchev–Trinajstić information content (AvgIpc) is 2.92. The second-order valence-corrected chi connectivity index (χ2v) is 5.24. The smallest absolute Gasteiger partial charge is 0.274 e. The minimum Gasteiger partial charge on any atom is -0.336 e. The number of aromatic amines is 1. The van der Waals surface area contributed by atoms with Gasteiger partial charge in [-0.1, -0.05) is 12.1 Å². The van der Waals surface area contributed by atoms with Gasteiger partial charge in [-0.3, -0.25) is 9.89 Å². The van der Waals surface area contributed by atoms with E-state index in [1.165, 1.54) is 12.1 Å². The maximum Gasteiger partial charge on any atom is 0.274 e. The molecule has 1 aliphatic rings. The first-order valence-electron chi connectivity index (χ1n) is 6.92. The Morgan fingerprint density at radius 3 is 2.82 bits per heavy atom. The van der Waals surface area contributed by atoms with Crippen LogP contribution in [0.15, 0.2) is 24.3 Å². The highest BCUT2D eigenvalue weighted by atomic mass is 35.5. The van der Waals surface area contributed by atoms with Gasteiger partial charge in [-0.2, -0.15) is 5.10 Å². The van der Waals surface area contributed by atoms with Gasteiger partial charge in [-0.25, -0.2) is 4.39 Å². The number of H-pyrrole nitrogens is 1. The van der Waals surface area contributed by atoms with Crippen molar-refractivity contribution in [1.82, 2.24) is 20.4 Å². The topological polar surface area (TPSA) is 61.0 Å². The van der Waals surface area contributed by atoms with E-state index in [0.29, 0.717) is 18.8 Å². The molecule has 0 unspecified atom stereocenters. The predicted octanol–water partition coefficient (Wildman–Crippen LogP) is 1.89. The van der Waals surface area contributed by atoms with Crippen LogP contribution in [0.1, 0.15) is 27.3 Å². The number of aromatic nitrogens is 2. The van der Waals surface area contributed by atoms with E-state index in [2.05, 4.69) is 15.5 Å². The molecule has 0 fully saturated rings. The molecule has 0 spiro atoms. The highest BCUT2D eigenvalue weighted by Crippen LogP contribution is 2.17. The minimum atomic E-state index is -0.278. The Labute approximate surface area is 134 Å². The summed E-state index contributed by atoms with van der Waals surface area (Å²) >= 11 is 0. The fraction of sp³-hybridized carbons (Fsp3) is 0.333. The first kappa shape index (κ1) is 16.5. The lowest BCUT2D eigenvalue weighted by Crippen LogP contribution is -2.29. The van der Waals surface area contributed by atoms with Crippen molar-refractivity contribution in [1.29, 1.82) is 0 Å². The Morgan fingerprint density at radius 1 is 1.36 bits per heavy atom. The number of amides is 1. The third-order valence-corrected chi connectivity index (χ3v) is 3.69. The Hall–Kier alpha value is -1.92. The summed E-state index contributed by atoms with van der Waals surface area (Å²) in [5.74, 6) is -0.402. The zero-order valence-electron chi connectivity index (χ0n) is 12.2. The van der Waals surface area contributed by atoms with E-state index in [1.54, 1.807) is 24.1 Å². The molecule has 2 aromatic rings. The fourth-order valence-corrected chi connectivity index (χ4v) is 2.52. The largest absolute Gasteiger partial charge is 0.336 e. The number of nitrogens with one attached hydrogen (secondary N) is 2. The summed E-state index contributed by atoms with van der Waals surface area (Å²) in [5, 5.41) is 10.3. The van der Waals surface area contributed by atoms with Gasteiger partial charge >= 0.3 is 0 Å². The lowest BCUT2D eigenvalue weighted by molar-refractivity contribution is 0.0778. The molecule has 0 atom stereocenters. The molecule has 7 heteroatoms. The van der Waals surface area contributed by atoms with Crippen LogP contribution in [-0.4, -0.2) is 34.6 Å². The average molecular weight is 325 g/mol. The van der Waals surface area contributed by atoms with Crippen molar-refractivity contribution in [2.24, 2.45) is 0 Å². The predicted molar refractivity (Wildman–Crippen MR) is 83.4 cm³/mol. The molecule has 0 radical (unpaired) electrons. The molecule has 2 heterocycles. The van der Waals surface area contributed by atoms with E-state index < -0.39 is 0 Å². The number of hydrogen-bond donors (Lipinski definition) is 2. The summed E-state index contributed by atoms with van der Waals surface area (Å²) in [6, 6.07) is 6.16. The van der Waals surface area contributed by atoms with Gasteiger partial charge in [0.15, 0.2) is 5.69 Å². The lowest BCUT2D eigenvalue weighted by atomic mass is 10.1. The van der Waals surface area contributed by atoms with Crippen molar-refractivity contribution in [2.75, 3.05) is 13.6 Å². The molecule has 0 aliphatic carbocycles. The highest BCUT2D eigenvalue weighted by molar-refractivity contribution is 5.93. The second-order valence-electron chi connectivity index (χ2n) is 5.24. The highest BCUT2D eigenvalue weighted by Gasteiger charge is 2.23. The van der Waals surface area contributed by atoms with Gasteiger partial charge in [0.2, 0.25) is 0 Å². The van der Waals surface area contributed by atoms with Crippen LogP contribution in [0.25, 0.3) is 0 Å². The maximum absolute atomic E-state index is 12.9. The molecule has 1 aromatic carbocycles. The molecular formula is C15H18ClFN4O. The van der Waals surface area contributed by atoms with Crippen LogP contribution in [0.5, 0.6) is 0 Å². The zero-order chi connectivity index (χ0) is 14.8. The van der Waals surface area contributed by atoms with Crippen molar-refractivity contribution < 1.29 is 9.18 Å². The lowest BCUT2D eigenvalue weighted by Gasteiger charge is -2.18. The number of carbonyl (C=O) groups is 1. The van der Waals surface area contributed by atoms with Crippen molar-refractivity contribution in [3.63, 3.8) is 0 Å². The SMILES string of the molecule is CN(Cc1ccc(F)cc1)C(=O)c1n[nH]c2c1CNCC2.Cl. The number of fused-ring (bicyclic) bond motifs is 1. The Morgan fingerprint density at radius 2 is 2.09 bits per heavy atom. The normalized spacial score (nSPS) is 13.2. The van der Waals surface area contributed by atoms with Crippen LogP contribution < -0.4 is 5.32 Å². The first-order valence-corrected chi connectivity index (χ1v) is 6.92. The standard InChI is InChI=1S/C15H17FN4O.ClH/c1-20(9-10-2-4-11(16)5-3-10)15(21)14-12-8-17-7-6-13(12)18-19-14;/h2-5,17H,6-9H2,1H3,(H,18,19);1H. The van der Waals surface area contributed by atoms with Crippen LogP contribution in [0.4, 0.5) is 4.39 Å². The van der Waals surface area contributed by atoms with Crippen LogP contribution >= 0.6 is 12.4 Å². The van der Waals surface area contributed by atoms with Gasteiger partial charge in [0.25, 0.3) is 5.91 Å². The van der Waals surface area contributed by atoms with Crippen molar-refractivity contribution in [2.45, 2.75) is 19.5 Å². The molecule has 0 saturated heterocycles. The van der Waals surface area contributed by atoms with Crippen LogP contribution in [0.2, 0.25) is 0 Å². The van der Waals surface area contributed by atoms with E-state index in [1.807, 2.05) is 0 Å². The summed E-state index contributed by atoms with van der Waals surface area (Å²) in [6.45, 7) is 1.99. The molecular weight excluding hydrogens is 307 g/mol. The molecule has 2 N–H and O–H groups in total. The van der Waals surface area contributed by atoms with Gasteiger partial charge in [0.1, 0.15) is 5.82 Å². The number of carbonyl (C=O) groups excluding carboxylic acids is 1. The first-order chi connectivity index (χ1) is 10.1. The van der Waals surface area contributed by atoms with Gasteiger partial charge in [-0.05, 0) is 17.7 Å². The molecule has 0 bridgehead atoms. The van der Waals surface area contributed by atoms with Crippen molar-refractivity contribution in [3.8, 4) is 0 Å².